The van der Waals surface area contributed by atoms with Gasteiger partial charge in [-0.3, -0.25) is 0 Å². The van der Waals surface area contributed by atoms with Crippen LogP contribution in [-0.4, -0.2) is 22.3 Å². The van der Waals surface area contributed by atoms with Crippen LogP contribution in [0.25, 0.3) is 11.1 Å². The maximum absolute atomic E-state index is 6.05. The summed E-state index contributed by atoms with van der Waals surface area (Å²) in [6.07, 6.45) is 0.894. The van der Waals surface area contributed by atoms with Crippen molar-refractivity contribution < 1.29 is 13.9 Å². The van der Waals surface area contributed by atoms with E-state index in [-0.39, 0.29) is 0 Å². The van der Waals surface area contributed by atoms with Crippen LogP contribution < -0.4 is 9.47 Å². The van der Waals surface area contributed by atoms with Gasteiger partial charge in [-0.1, -0.05) is 53.5 Å². The van der Waals surface area contributed by atoms with Crippen molar-refractivity contribution in [2.24, 2.45) is 0 Å². The molecule has 30 heavy (non-hydrogen) atoms. The minimum atomic E-state index is -0.626. The zero-order chi connectivity index (χ0) is 21.3. The van der Waals surface area contributed by atoms with E-state index in [2.05, 4.69) is 25.2 Å². The molecule has 0 atom stereocenters. The summed E-state index contributed by atoms with van der Waals surface area (Å²) in [5.41, 5.74) is 3.18. The minimum Gasteiger partial charge on any atom is -0.493 e. The van der Waals surface area contributed by atoms with Crippen LogP contribution in [0.1, 0.15) is 12.0 Å². The van der Waals surface area contributed by atoms with E-state index in [1.807, 2.05) is 48.5 Å². The second kappa shape index (κ2) is 11.4. The summed E-state index contributed by atoms with van der Waals surface area (Å²) in [6.45, 7) is 6.11. The lowest BCUT2D eigenvalue weighted by molar-refractivity contribution is 0.250. The van der Waals surface area contributed by atoms with Gasteiger partial charge in [0.1, 0.15) is 18.1 Å². The predicted octanol–water partition coefficient (Wildman–Crippen LogP) is 7.28. The van der Waals surface area contributed by atoms with E-state index in [0.29, 0.717) is 23.3 Å². The van der Waals surface area contributed by atoms with Gasteiger partial charge >= 0.3 is 0 Å². The van der Waals surface area contributed by atoms with Gasteiger partial charge in [-0.05, 0) is 66.2 Å². The van der Waals surface area contributed by atoms with Crippen molar-refractivity contribution in [3.8, 4) is 22.6 Å². The molecule has 1 radical (unpaired) electrons. The van der Waals surface area contributed by atoms with Crippen LogP contribution in [0.3, 0.4) is 0 Å². The van der Waals surface area contributed by atoms with Crippen molar-refractivity contribution in [2.45, 2.75) is 26.1 Å². The van der Waals surface area contributed by atoms with Crippen LogP contribution in [-0.2, 0) is 11.0 Å². The first-order valence-electron chi connectivity index (χ1n) is 9.84. The third kappa shape index (κ3) is 7.06. The average Bonchev–Trinajstić information content (AvgIpc) is 2.75. The topological polar surface area (TPSA) is 27.7 Å². The highest BCUT2D eigenvalue weighted by atomic mass is 35.5. The standard InChI is InChI=1S/C24H25Cl2O3Si/c1-30(2)29-14-4-13-27-22-6-3-5-20(16-22)19-8-10-21(11-9-19)28-17-18-7-12-23(25)24(26)15-18/h3,5-12,15-16H,4,13-14,17H2,1-2H3. The fourth-order valence-corrected chi connectivity index (χ4v) is 3.70. The first kappa shape index (κ1) is 22.7. The van der Waals surface area contributed by atoms with Crippen LogP contribution in [0.15, 0.2) is 66.7 Å². The van der Waals surface area contributed by atoms with Crippen LogP contribution in [0.5, 0.6) is 11.5 Å². The Kier molecular flexibility index (Phi) is 8.64. The molecule has 0 N–H and O–H groups in total. The van der Waals surface area contributed by atoms with E-state index < -0.39 is 9.04 Å². The van der Waals surface area contributed by atoms with Crippen LogP contribution >= 0.6 is 23.2 Å². The van der Waals surface area contributed by atoms with E-state index in [0.717, 1.165) is 41.2 Å². The molecule has 0 saturated carbocycles. The fourth-order valence-electron chi connectivity index (χ4n) is 2.83. The molecule has 0 saturated heterocycles. The third-order valence-electron chi connectivity index (χ3n) is 4.36. The molecule has 0 aromatic heterocycles. The van der Waals surface area contributed by atoms with Gasteiger partial charge < -0.3 is 13.9 Å². The maximum atomic E-state index is 6.05. The molecular formula is C24H25Cl2O3Si. The van der Waals surface area contributed by atoms with E-state index in [1.54, 1.807) is 6.07 Å². The molecular weight excluding hydrogens is 435 g/mol. The molecule has 0 aliphatic heterocycles. The molecule has 3 aromatic carbocycles. The smallest absolute Gasteiger partial charge is 0.204 e. The number of halogens is 2. The maximum Gasteiger partial charge on any atom is 0.204 e. The number of rotatable bonds is 10. The van der Waals surface area contributed by atoms with Crippen LogP contribution in [0.4, 0.5) is 0 Å². The van der Waals surface area contributed by atoms with Crippen LogP contribution in [0, 0.1) is 0 Å². The molecule has 3 aromatic rings. The molecule has 0 spiro atoms. The molecule has 0 amide bonds. The van der Waals surface area contributed by atoms with Gasteiger partial charge in [-0.2, -0.15) is 0 Å². The second-order valence-electron chi connectivity index (χ2n) is 7.05. The summed E-state index contributed by atoms with van der Waals surface area (Å²) >= 11 is 12.0. The Morgan fingerprint density at radius 2 is 1.53 bits per heavy atom. The second-order valence-corrected chi connectivity index (χ2v) is 9.97. The highest BCUT2D eigenvalue weighted by Crippen LogP contribution is 2.27. The Bertz CT molecular complexity index is 945. The molecule has 3 rings (SSSR count). The summed E-state index contributed by atoms with van der Waals surface area (Å²) in [4.78, 5) is 0. The molecule has 6 heteroatoms. The van der Waals surface area contributed by atoms with Gasteiger partial charge in [-0.25, -0.2) is 0 Å². The summed E-state index contributed by atoms with van der Waals surface area (Å²) in [7, 11) is -0.626. The normalized spacial score (nSPS) is 11.0. The molecule has 157 valence electrons. The Labute approximate surface area is 190 Å². The van der Waals surface area contributed by atoms with Gasteiger partial charge in [0, 0.05) is 13.0 Å². The lowest BCUT2D eigenvalue weighted by Crippen LogP contribution is -2.11. The van der Waals surface area contributed by atoms with Crippen molar-refractivity contribution in [3.05, 3.63) is 82.3 Å². The van der Waals surface area contributed by atoms with Crippen molar-refractivity contribution in [1.29, 1.82) is 0 Å². The summed E-state index contributed by atoms with van der Waals surface area (Å²) in [6, 6.07) is 21.6. The predicted molar refractivity (Wildman–Crippen MR) is 126 cm³/mol. The summed E-state index contributed by atoms with van der Waals surface area (Å²) in [5, 5.41) is 1.07. The molecule has 0 aliphatic carbocycles. The first-order chi connectivity index (χ1) is 14.5. The fraction of sp³-hybridized carbons (Fsp3) is 0.250. The van der Waals surface area contributed by atoms with Gasteiger partial charge in [0.25, 0.3) is 0 Å². The first-order valence-corrected chi connectivity index (χ1v) is 13.0. The lowest BCUT2D eigenvalue weighted by atomic mass is 10.1. The SMILES string of the molecule is C[Si](C)OCCCOc1cccc(-c2ccc(OCc3ccc(Cl)c(Cl)c3)cc2)c1. The largest absolute Gasteiger partial charge is 0.493 e. The van der Waals surface area contributed by atoms with Crippen molar-refractivity contribution >= 4 is 32.2 Å². The monoisotopic (exact) mass is 459 g/mol. The zero-order valence-corrected chi connectivity index (χ0v) is 19.7. The Balaban J connectivity index is 1.54. The van der Waals surface area contributed by atoms with Gasteiger partial charge in [0.05, 0.1) is 16.7 Å². The number of hydrogen-bond donors (Lipinski definition) is 0. The highest BCUT2D eigenvalue weighted by Gasteiger charge is 2.04. The molecule has 0 unspecified atom stereocenters. The van der Waals surface area contributed by atoms with E-state index in [1.165, 1.54) is 0 Å². The lowest BCUT2D eigenvalue weighted by Gasteiger charge is -2.10. The third-order valence-corrected chi connectivity index (χ3v) is 5.88. The van der Waals surface area contributed by atoms with E-state index in [9.17, 15) is 0 Å². The number of hydrogen-bond acceptors (Lipinski definition) is 3. The van der Waals surface area contributed by atoms with Crippen molar-refractivity contribution in [1.82, 2.24) is 0 Å². The summed E-state index contributed by atoms with van der Waals surface area (Å²) < 4.78 is 17.4. The zero-order valence-electron chi connectivity index (χ0n) is 17.2. The molecule has 0 bridgehead atoms. The van der Waals surface area contributed by atoms with Crippen LogP contribution in [0.2, 0.25) is 23.1 Å². The van der Waals surface area contributed by atoms with E-state index >= 15 is 0 Å². The Hall–Kier alpha value is -1.98. The minimum absolute atomic E-state index is 0.432. The Morgan fingerprint density at radius 1 is 0.733 bits per heavy atom. The molecule has 0 fully saturated rings. The summed E-state index contributed by atoms with van der Waals surface area (Å²) in [5.74, 6) is 1.66. The van der Waals surface area contributed by atoms with Gasteiger partial charge in [0.2, 0.25) is 9.04 Å². The number of benzene rings is 3. The highest BCUT2D eigenvalue weighted by molar-refractivity contribution is 6.48. The quantitative estimate of drug-likeness (QED) is 0.235. The van der Waals surface area contributed by atoms with Crippen molar-refractivity contribution in [2.75, 3.05) is 13.2 Å². The number of ether oxygens (including phenoxy) is 2. The molecule has 3 nitrogen and oxygen atoms in total. The van der Waals surface area contributed by atoms with Crippen molar-refractivity contribution in [3.63, 3.8) is 0 Å². The van der Waals surface area contributed by atoms with Gasteiger partial charge in [0.15, 0.2) is 0 Å². The van der Waals surface area contributed by atoms with E-state index in [4.69, 9.17) is 37.1 Å². The average molecular weight is 460 g/mol. The molecule has 0 aliphatic rings. The van der Waals surface area contributed by atoms with Gasteiger partial charge in [-0.15, -0.1) is 0 Å². The Morgan fingerprint density at radius 3 is 2.27 bits per heavy atom. The molecule has 0 heterocycles.